The van der Waals surface area contributed by atoms with Gasteiger partial charge in [0.05, 0.1) is 13.2 Å². The van der Waals surface area contributed by atoms with Gasteiger partial charge in [-0.05, 0) is 29.3 Å². The summed E-state index contributed by atoms with van der Waals surface area (Å²) in [7, 11) is 0. The molecule has 0 saturated carbocycles. The number of carbonyl (C=O) groups excluding carboxylic acids is 2. The summed E-state index contributed by atoms with van der Waals surface area (Å²) in [4.78, 5) is 25.2. The van der Waals surface area contributed by atoms with Gasteiger partial charge in [0.2, 0.25) is 0 Å². The topological polar surface area (TPSA) is 105 Å². The van der Waals surface area contributed by atoms with Crippen LogP contribution in [-0.4, -0.2) is 34.7 Å². The van der Waals surface area contributed by atoms with Gasteiger partial charge in [-0.25, -0.2) is 4.79 Å². The number of phenolic OH excluding ortho intramolecular Hbond substituents is 2. The molecule has 3 N–H and O–H groups in total. The molecule has 3 aromatic rings. The molecule has 0 saturated heterocycles. The highest BCUT2D eigenvalue weighted by Crippen LogP contribution is 2.24. The first-order valence-electron chi connectivity index (χ1n) is 9.68. The Morgan fingerprint density at radius 1 is 0.806 bits per heavy atom. The zero-order valence-electron chi connectivity index (χ0n) is 16.7. The first-order chi connectivity index (χ1) is 15.0. The zero-order chi connectivity index (χ0) is 22.1. The normalized spacial score (nSPS) is 11.5. The maximum Gasteiger partial charge on any atom is 0.331 e. The second-order valence-electron chi connectivity index (χ2n) is 6.82. The summed E-state index contributed by atoms with van der Waals surface area (Å²) in [5.41, 5.74) is 1.82. The van der Waals surface area contributed by atoms with Gasteiger partial charge in [-0.2, -0.15) is 0 Å². The first-order valence-corrected chi connectivity index (χ1v) is 9.68. The number of hydrogen-bond acceptors (Lipinski definition) is 6. The van der Waals surface area contributed by atoms with Crippen LogP contribution in [-0.2, 0) is 27.5 Å². The highest BCUT2D eigenvalue weighted by Gasteiger charge is 2.24. The summed E-state index contributed by atoms with van der Waals surface area (Å²) in [5, 5.41) is 21.6. The molecule has 0 heterocycles. The largest absolute Gasteiger partial charge is 0.504 e. The van der Waals surface area contributed by atoms with Crippen LogP contribution in [0.5, 0.6) is 11.5 Å². The van der Waals surface area contributed by atoms with E-state index in [1.54, 1.807) is 0 Å². The number of aromatic hydroxyl groups is 2. The highest BCUT2D eigenvalue weighted by atomic mass is 16.5. The van der Waals surface area contributed by atoms with Gasteiger partial charge in [0, 0.05) is 5.56 Å². The van der Waals surface area contributed by atoms with Gasteiger partial charge in [-0.3, -0.25) is 4.79 Å². The molecule has 1 atom stereocenters. The lowest BCUT2D eigenvalue weighted by Gasteiger charge is -2.18. The van der Waals surface area contributed by atoms with Crippen molar-refractivity contribution in [2.24, 2.45) is 0 Å². The highest BCUT2D eigenvalue weighted by molar-refractivity contribution is 5.97. The maximum atomic E-state index is 12.6. The Labute approximate surface area is 179 Å². The average molecular weight is 421 g/mol. The van der Waals surface area contributed by atoms with E-state index in [1.165, 1.54) is 12.1 Å². The van der Waals surface area contributed by atoms with Crippen molar-refractivity contribution in [2.45, 2.75) is 19.3 Å². The number of rotatable bonds is 9. The quantitative estimate of drug-likeness (QED) is 0.362. The van der Waals surface area contributed by atoms with Crippen LogP contribution >= 0.6 is 0 Å². The fraction of sp³-hybridized carbons (Fsp3) is 0.167. The van der Waals surface area contributed by atoms with E-state index >= 15 is 0 Å². The van der Waals surface area contributed by atoms with Crippen molar-refractivity contribution < 1.29 is 29.3 Å². The second-order valence-corrected chi connectivity index (χ2v) is 6.82. The number of nitrogens with one attached hydrogen (secondary N) is 1. The van der Waals surface area contributed by atoms with Crippen LogP contribution in [0.1, 0.15) is 21.5 Å². The van der Waals surface area contributed by atoms with Gasteiger partial charge in [0.1, 0.15) is 6.61 Å². The van der Waals surface area contributed by atoms with E-state index in [0.717, 1.165) is 17.2 Å². The Morgan fingerprint density at radius 2 is 1.42 bits per heavy atom. The Hall–Kier alpha value is -3.84. The van der Waals surface area contributed by atoms with Crippen molar-refractivity contribution >= 4 is 11.9 Å². The molecule has 0 aliphatic rings. The first kappa shape index (κ1) is 21.9. The van der Waals surface area contributed by atoms with E-state index in [0.29, 0.717) is 0 Å². The number of amides is 1. The number of esters is 1. The molecule has 0 unspecified atom stereocenters. The number of phenols is 2. The van der Waals surface area contributed by atoms with Gasteiger partial charge >= 0.3 is 5.97 Å². The molecule has 0 fully saturated rings. The van der Waals surface area contributed by atoms with Crippen LogP contribution in [0.4, 0.5) is 0 Å². The van der Waals surface area contributed by atoms with Gasteiger partial charge in [-0.1, -0.05) is 60.7 Å². The maximum absolute atomic E-state index is 12.6. The Bertz CT molecular complexity index is 1010. The summed E-state index contributed by atoms with van der Waals surface area (Å²) < 4.78 is 11.0. The molecular formula is C24H23NO6. The monoisotopic (exact) mass is 421 g/mol. The lowest BCUT2D eigenvalue weighted by molar-refractivity contribution is -0.149. The fourth-order valence-corrected chi connectivity index (χ4v) is 2.77. The summed E-state index contributed by atoms with van der Waals surface area (Å²) in [6.07, 6.45) is 0. The second kappa shape index (κ2) is 10.8. The molecule has 3 rings (SSSR count). The molecule has 0 radical (unpaired) electrons. The minimum atomic E-state index is -1.06. The molecule has 0 aromatic heterocycles. The minimum absolute atomic E-state index is 0.0602. The molecule has 7 heteroatoms. The minimum Gasteiger partial charge on any atom is -0.504 e. The van der Waals surface area contributed by atoms with Crippen LogP contribution in [0, 0.1) is 0 Å². The van der Waals surface area contributed by atoms with E-state index in [1.807, 2.05) is 60.7 Å². The Balaban J connectivity index is 1.65. The molecule has 7 nitrogen and oxygen atoms in total. The van der Waals surface area contributed by atoms with Crippen molar-refractivity contribution in [1.29, 1.82) is 0 Å². The predicted molar refractivity (Wildman–Crippen MR) is 113 cm³/mol. The number of ether oxygens (including phenoxy) is 2. The Morgan fingerprint density at radius 3 is 2.03 bits per heavy atom. The third kappa shape index (κ3) is 6.58. The summed E-state index contributed by atoms with van der Waals surface area (Å²) >= 11 is 0. The van der Waals surface area contributed by atoms with E-state index < -0.39 is 23.7 Å². The third-order valence-corrected chi connectivity index (χ3v) is 4.45. The van der Waals surface area contributed by atoms with Gasteiger partial charge in [0.15, 0.2) is 17.5 Å². The van der Waals surface area contributed by atoms with Crippen LogP contribution in [0.3, 0.4) is 0 Å². The third-order valence-electron chi connectivity index (χ3n) is 4.45. The number of carbonyl (C=O) groups is 2. The summed E-state index contributed by atoms with van der Waals surface area (Å²) in [6.45, 7) is 0.224. The zero-order valence-corrected chi connectivity index (χ0v) is 16.7. The molecule has 0 bridgehead atoms. The fourth-order valence-electron chi connectivity index (χ4n) is 2.77. The molecule has 1 amide bonds. The molecule has 160 valence electrons. The van der Waals surface area contributed by atoms with E-state index in [9.17, 15) is 19.8 Å². The van der Waals surface area contributed by atoms with Crippen LogP contribution in [0.2, 0.25) is 0 Å². The van der Waals surface area contributed by atoms with Gasteiger partial charge < -0.3 is 25.0 Å². The van der Waals surface area contributed by atoms with Crippen molar-refractivity contribution in [3.05, 3.63) is 95.6 Å². The molecule has 0 spiro atoms. The smallest absolute Gasteiger partial charge is 0.331 e. The standard InChI is InChI=1S/C24H23NO6/c26-21-12-11-19(13-22(21)27)23(28)25-20(16-30-14-17-7-3-1-4-8-17)24(29)31-15-18-9-5-2-6-10-18/h1-13,20,26-27H,14-16H2,(H,25,28)/t20-/m0/s1. The van der Waals surface area contributed by atoms with Crippen LogP contribution < -0.4 is 5.32 Å². The van der Waals surface area contributed by atoms with Crippen molar-refractivity contribution in [3.63, 3.8) is 0 Å². The lowest BCUT2D eigenvalue weighted by Crippen LogP contribution is -2.45. The van der Waals surface area contributed by atoms with Crippen molar-refractivity contribution in [3.8, 4) is 11.5 Å². The average Bonchev–Trinajstić information content (AvgIpc) is 2.80. The van der Waals surface area contributed by atoms with Crippen molar-refractivity contribution in [2.75, 3.05) is 6.61 Å². The van der Waals surface area contributed by atoms with Gasteiger partial charge in [0.25, 0.3) is 5.91 Å². The molecule has 3 aromatic carbocycles. The number of hydrogen-bond donors (Lipinski definition) is 3. The van der Waals surface area contributed by atoms with E-state index in [-0.39, 0.29) is 31.1 Å². The molecule has 0 aliphatic carbocycles. The van der Waals surface area contributed by atoms with E-state index in [4.69, 9.17) is 9.47 Å². The van der Waals surface area contributed by atoms with Crippen LogP contribution in [0.15, 0.2) is 78.9 Å². The SMILES string of the molecule is O=C(N[C@@H](COCc1ccccc1)C(=O)OCc1ccccc1)c1ccc(O)c(O)c1. The summed E-state index contributed by atoms with van der Waals surface area (Å²) in [5.74, 6) is -2.04. The number of benzene rings is 3. The molecular weight excluding hydrogens is 398 g/mol. The predicted octanol–water partition coefficient (Wildman–Crippen LogP) is 3.16. The lowest BCUT2D eigenvalue weighted by atomic mass is 10.1. The molecule has 0 aliphatic heterocycles. The Kier molecular flexibility index (Phi) is 7.61. The molecule has 31 heavy (non-hydrogen) atoms. The van der Waals surface area contributed by atoms with Crippen molar-refractivity contribution in [1.82, 2.24) is 5.32 Å². The van der Waals surface area contributed by atoms with Gasteiger partial charge in [-0.15, -0.1) is 0 Å². The van der Waals surface area contributed by atoms with E-state index in [2.05, 4.69) is 5.32 Å². The van der Waals surface area contributed by atoms with Crippen LogP contribution in [0.25, 0.3) is 0 Å². The summed E-state index contributed by atoms with van der Waals surface area (Å²) in [6, 6.07) is 21.2.